The van der Waals surface area contributed by atoms with Crippen molar-refractivity contribution in [1.82, 2.24) is 0 Å². The number of hydrogen-bond acceptors (Lipinski definition) is 2. The number of esters is 1. The fraction of sp³-hybridized carbons (Fsp3) is 0.909. The molecule has 0 aromatic rings. The summed E-state index contributed by atoms with van der Waals surface area (Å²) >= 11 is 0. The molecule has 1 unspecified atom stereocenters. The molecule has 0 amide bonds. The first-order valence-electron chi connectivity index (χ1n) is 5.36. The van der Waals surface area contributed by atoms with Crippen molar-refractivity contribution in [3.63, 3.8) is 0 Å². The Hall–Kier alpha value is -0.530. The number of carbonyl (C=O) groups excluding carboxylic acids is 1. The summed E-state index contributed by atoms with van der Waals surface area (Å²) in [5, 5.41) is 0. The Bertz CT molecular complexity index is 132. The van der Waals surface area contributed by atoms with Gasteiger partial charge in [-0.2, -0.15) is 0 Å². The zero-order chi connectivity index (χ0) is 10.1. The highest BCUT2D eigenvalue weighted by molar-refractivity contribution is 5.69. The van der Waals surface area contributed by atoms with Gasteiger partial charge in [0.25, 0.3) is 0 Å². The van der Waals surface area contributed by atoms with Gasteiger partial charge in [-0.3, -0.25) is 4.79 Å². The van der Waals surface area contributed by atoms with Crippen molar-refractivity contribution >= 4 is 5.97 Å². The average Bonchev–Trinajstić information content (AvgIpc) is 2.12. The first-order chi connectivity index (χ1) is 6.20. The van der Waals surface area contributed by atoms with Crippen LogP contribution < -0.4 is 0 Å². The van der Waals surface area contributed by atoms with E-state index < -0.39 is 0 Å². The van der Waals surface area contributed by atoms with Gasteiger partial charge >= 0.3 is 5.97 Å². The molecule has 0 aliphatic rings. The summed E-state index contributed by atoms with van der Waals surface area (Å²) in [6.07, 6.45) is 4.94. The van der Waals surface area contributed by atoms with Crippen LogP contribution >= 0.6 is 0 Å². The van der Waals surface area contributed by atoms with Gasteiger partial charge in [0, 0.05) is 6.42 Å². The second-order valence-electron chi connectivity index (χ2n) is 3.65. The molecule has 78 valence electrons. The van der Waals surface area contributed by atoms with Crippen LogP contribution in [0.15, 0.2) is 0 Å². The molecular weight excluding hydrogens is 164 g/mol. The lowest BCUT2D eigenvalue weighted by Crippen LogP contribution is -2.09. The first-order valence-corrected chi connectivity index (χ1v) is 5.36. The molecule has 0 spiro atoms. The van der Waals surface area contributed by atoms with Crippen LogP contribution in [0.3, 0.4) is 0 Å². The first kappa shape index (κ1) is 12.5. The summed E-state index contributed by atoms with van der Waals surface area (Å²) in [4.78, 5) is 11.2. The Kier molecular flexibility index (Phi) is 7.76. The molecule has 0 heterocycles. The highest BCUT2D eigenvalue weighted by atomic mass is 16.5. The van der Waals surface area contributed by atoms with Gasteiger partial charge in [0.1, 0.15) is 0 Å². The summed E-state index contributed by atoms with van der Waals surface area (Å²) in [5.41, 5.74) is 0. The van der Waals surface area contributed by atoms with Gasteiger partial charge in [-0.25, -0.2) is 0 Å². The molecule has 0 radical (unpaired) electrons. The maximum absolute atomic E-state index is 11.2. The monoisotopic (exact) mass is 186 g/mol. The summed E-state index contributed by atoms with van der Waals surface area (Å²) < 4.78 is 5.08. The fourth-order valence-corrected chi connectivity index (χ4v) is 1.03. The van der Waals surface area contributed by atoms with Gasteiger partial charge in [-0.1, -0.05) is 40.0 Å². The van der Waals surface area contributed by atoms with E-state index in [0.717, 1.165) is 19.3 Å². The van der Waals surface area contributed by atoms with Crippen LogP contribution in [0, 0.1) is 5.92 Å². The molecule has 13 heavy (non-hydrogen) atoms. The third-order valence-corrected chi connectivity index (χ3v) is 2.22. The normalized spacial score (nSPS) is 12.5. The Morgan fingerprint density at radius 1 is 1.31 bits per heavy atom. The van der Waals surface area contributed by atoms with Crippen LogP contribution in [0.1, 0.15) is 52.9 Å². The maximum Gasteiger partial charge on any atom is 0.306 e. The standard InChI is InChI=1S/C11H22O2/c1-4-6-7-8-13-11(12)9-10(3)5-2/h10H,4-9H2,1-3H3. The average molecular weight is 186 g/mol. The number of carbonyl (C=O) groups is 1. The van der Waals surface area contributed by atoms with Crippen molar-refractivity contribution in [3.8, 4) is 0 Å². The molecule has 0 aliphatic heterocycles. The van der Waals surface area contributed by atoms with Crippen molar-refractivity contribution in [3.05, 3.63) is 0 Å². The smallest absolute Gasteiger partial charge is 0.306 e. The maximum atomic E-state index is 11.2. The predicted octanol–water partition coefficient (Wildman–Crippen LogP) is 3.16. The van der Waals surface area contributed by atoms with Crippen LogP contribution in [-0.2, 0) is 9.53 Å². The second kappa shape index (κ2) is 8.09. The fourth-order valence-electron chi connectivity index (χ4n) is 1.03. The minimum atomic E-state index is -0.0366. The van der Waals surface area contributed by atoms with Crippen molar-refractivity contribution in [2.75, 3.05) is 6.61 Å². The van der Waals surface area contributed by atoms with Crippen molar-refractivity contribution in [1.29, 1.82) is 0 Å². The highest BCUT2D eigenvalue weighted by Crippen LogP contribution is 2.07. The number of unbranched alkanes of at least 4 members (excludes halogenated alkanes) is 2. The lowest BCUT2D eigenvalue weighted by atomic mass is 10.1. The molecule has 0 saturated heterocycles. The number of rotatable bonds is 7. The largest absolute Gasteiger partial charge is 0.466 e. The van der Waals surface area contributed by atoms with E-state index in [9.17, 15) is 4.79 Å². The predicted molar refractivity (Wildman–Crippen MR) is 54.6 cm³/mol. The van der Waals surface area contributed by atoms with Gasteiger partial charge in [0.2, 0.25) is 0 Å². The van der Waals surface area contributed by atoms with Crippen molar-refractivity contribution in [2.24, 2.45) is 5.92 Å². The van der Waals surface area contributed by atoms with Gasteiger partial charge < -0.3 is 4.74 Å². The molecule has 0 N–H and O–H groups in total. The minimum absolute atomic E-state index is 0.0366. The van der Waals surface area contributed by atoms with Crippen LogP contribution in [-0.4, -0.2) is 12.6 Å². The van der Waals surface area contributed by atoms with E-state index in [1.165, 1.54) is 6.42 Å². The Balaban J connectivity index is 3.30. The third kappa shape index (κ3) is 7.82. The molecule has 0 aliphatic carbocycles. The molecule has 0 saturated carbocycles. The molecule has 1 atom stereocenters. The van der Waals surface area contributed by atoms with E-state index in [1.807, 2.05) is 0 Å². The Labute approximate surface area is 81.7 Å². The number of ether oxygens (including phenoxy) is 1. The molecular formula is C11H22O2. The van der Waals surface area contributed by atoms with Gasteiger partial charge in [-0.05, 0) is 12.3 Å². The molecule has 0 aromatic carbocycles. The van der Waals surface area contributed by atoms with Crippen molar-refractivity contribution < 1.29 is 9.53 Å². The SMILES string of the molecule is CCCCCOC(=O)CC(C)CC. The van der Waals surface area contributed by atoms with Crippen LogP contribution in [0.25, 0.3) is 0 Å². The zero-order valence-corrected chi connectivity index (χ0v) is 9.14. The van der Waals surface area contributed by atoms with Gasteiger partial charge in [0.15, 0.2) is 0 Å². The minimum Gasteiger partial charge on any atom is -0.466 e. The molecule has 2 nitrogen and oxygen atoms in total. The van der Waals surface area contributed by atoms with Crippen molar-refractivity contribution in [2.45, 2.75) is 52.9 Å². The molecule has 0 bridgehead atoms. The van der Waals surface area contributed by atoms with E-state index in [0.29, 0.717) is 18.9 Å². The third-order valence-electron chi connectivity index (χ3n) is 2.22. The zero-order valence-electron chi connectivity index (χ0n) is 9.14. The topological polar surface area (TPSA) is 26.3 Å². The summed E-state index contributed by atoms with van der Waals surface area (Å²) in [7, 11) is 0. The Morgan fingerprint density at radius 3 is 2.54 bits per heavy atom. The summed E-state index contributed by atoms with van der Waals surface area (Å²) in [6.45, 7) is 6.91. The molecule has 0 aromatic heterocycles. The van der Waals surface area contributed by atoms with E-state index in [1.54, 1.807) is 0 Å². The highest BCUT2D eigenvalue weighted by Gasteiger charge is 2.07. The molecule has 0 fully saturated rings. The van der Waals surface area contributed by atoms with Crippen LogP contribution in [0.5, 0.6) is 0 Å². The Morgan fingerprint density at radius 2 is 2.00 bits per heavy atom. The summed E-state index contributed by atoms with van der Waals surface area (Å²) in [5.74, 6) is 0.420. The van der Waals surface area contributed by atoms with E-state index in [4.69, 9.17) is 4.74 Å². The molecule has 2 heteroatoms. The number of hydrogen-bond donors (Lipinski definition) is 0. The van der Waals surface area contributed by atoms with E-state index in [2.05, 4.69) is 20.8 Å². The van der Waals surface area contributed by atoms with Gasteiger partial charge in [0.05, 0.1) is 6.61 Å². The second-order valence-corrected chi connectivity index (χ2v) is 3.65. The van der Waals surface area contributed by atoms with E-state index >= 15 is 0 Å². The molecule has 0 rings (SSSR count). The lowest BCUT2D eigenvalue weighted by Gasteiger charge is -2.07. The summed E-state index contributed by atoms with van der Waals surface area (Å²) in [6, 6.07) is 0. The van der Waals surface area contributed by atoms with Gasteiger partial charge in [-0.15, -0.1) is 0 Å². The van der Waals surface area contributed by atoms with Crippen LogP contribution in [0.4, 0.5) is 0 Å². The lowest BCUT2D eigenvalue weighted by molar-refractivity contribution is -0.144. The van der Waals surface area contributed by atoms with E-state index in [-0.39, 0.29) is 5.97 Å². The quantitative estimate of drug-likeness (QED) is 0.451. The van der Waals surface area contributed by atoms with Crippen LogP contribution in [0.2, 0.25) is 0 Å².